The normalized spacial score (nSPS) is 11.0. The summed E-state index contributed by atoms with van der Waals surface area (Å²) in [5.74, 6) is -0.0249. The fraction of sp³-hybridized carbons (Fsp3) is 0.450. The second kappa shape index (κ2) is 10.2. The molecule has 0 fully saturated rings. The summed E-state index contributed by atoms with van der Waals surface area (Å²) >= 11 is 1.34. The molecule has 0 bridgehead atoms. The van der Waals surface area contributed by atoms with E-state index in [2.05, 4.69) is 15.6 Å². The summed E-state index contributed by atoms with van der Waals surface area (Å²) in [5, 5.41) is 7.92. The van der Waals surface area contributed by atoms with Crippen molar-refractivity contribution in [1.29, 1.82) is 0 Å². The van der Waals surface area contributed by atoms with Crippen molar-refractivity contribution in [3.05, 3.63) is 46.2 Å². The molecular weight excluding hydrogens is 379 g/mol. The Hall–Kier alpha value is -2.48. The smallest absolute Gasteiger partial charge is 0.322 e. The van der Waals surface area contributed by atoms with Crippen LogP contribution in [0.1, 0.15) is 43.2 Å². The molecule has 152 valence electrons. The molecular formula is C20H27FN4O2S. The van der Waals surface area contributed by atoms with Crippen LogP contribution in [-0.2, 0) is 6.54 Å². The number of thiazole rings is 1. The SMILES string of the molecule is CC(C)CNC(=O)c1csc(CN(CC(C)C)C(=O)Nc2cccc(F)c2)n1. The van der Waals surface area contributed by atoms with Crippen LogP contribution in [-0.4, -0.2) is 34.9 Å². The van der Waals surface area contributed by atoms with Gasteiger partial charge < -0.3 is 15.5 Å². The molecule has 0 aliphatic rings. The predicted molar refractivity (Wildman–Crippen MR) is 110 cm³/mol. The second-order valence-corrected chi connectivity index (χ2v) is 8.39. The first-order chi connectivity index (χ1) is 13.2. The highest BCUT2D eigenvalue weighted by molar-refractivity contribution is 7.09. The maximum absolute atomic E-state index is 13.4. The third-order valence-corrected chi connectivity index (χ3v) is 4.56. The van der Waals surface area contributed by atoms with Gasteiger partial charge in [0.25, 0.3) is 5.91 Å². The lowest BCUT2D eigenvalue weighted by Gasteiger charge is -2.24. The van der Waals surface area contributed by atoms with Crippen molar-refractivity contribution < 1.29 is 14.0 Å². The van der Waals surface area contributed by atoms with E-state index in [9.17, 15) is 14.0 Å². The van der Waals surface area contributed by atoms with E-state index in [0.29, 0.717) is 35.4 Å². The Kier molecular flexibility index (Phi) is 7.92. The van der Waals surface area contributed by atoms with Crippen molar-refractivity contribution in [2.45, 2.75) is 34.2 Å². The quantitative estimate of drug-likeness (QED) is 0.684. The van der Waals surface area contributed by atoms with Gasteiger partial charge in [-0.1, -0.05) is 33.8 Å². The molecule has 0 spiro atoms. The van der Waals surface area contributed by atoms with Crippen LogP contribution in [0.3, 0.4) is 0 Å². The Bertz CT molecular complexity index is 807. The van der Waals surface area contributed by atoms with Gasteiger partial charge in [-0.2, -0.15) is 0 Å². The van der Waals surface area contributed by atoms with E-state index in [4.69, 9.17) is 0 Å². The number of nitrogens with zero attached hydrogens (tertiary/aromatic N) is 2. The molecule has 8 heteroatoms. The van der Waals surface area contributed by atoms with Crippen LogP contribution in [0.5, 0.6) is 0 Å². The van der Waals surface area contributed by atoms with E-state index in [-0.39, 0.29) is 24.4 Å². The molecule has 6 nitrogen and oxygen atoms in total. The Morgan fingerprint density at radius 3 is 2.61 bits per heavy atom. The van der Waals surface area contributed by atoms with Crippen LogP contribution >= 0.6 is 11.3 Å². The molecule has 0 saturated heterocycles. The lowest BCUT2D eigenvalue weighted by atomic mass is 10.2. The fourth-order valence-corrected chi connectivity index (χ4v) is 3.26. The van der Waals surface area contributed by atoms with Gasteiger partial charge in [-0.05, 0) is 30.0 Å². The van der Waals surface area contributed by atoms with Gasteiger partial charge >= 0.3 is 6.03 Å². The molecule has 0 aliphatic carbocycles. The average molecular weight is 407 g/mol. The summed E-state index contributed by atoms with van der Waals surface area (Å²) in [6.07, 6.45) is 0. The number of rotatable bonds is 8. The molecule has 2 rings (SSSR count). The zero-order chi connectivity index (χ0) is 20.7. The second-order valence-electron chi connectivity index (χ2n) is 7.45. The van der Waals surface area contributed by atoms with Gasteiger partial charge in [-0.15, -0.1) is 11.3 Å². The molecule has 0 unspecified atom stereocenters. The number of amides is 3. The summed E-state index contributed by atoms with van der Waals surface area (Å²) in [4.78, 5) is 30.8. The zero-order valence-corrected chi connectivity index (χ0v) is 17.5. The van der Waals surface area contributed by atoms with Gasteiger partial charge in [0.15, 0.2) is 0 Å². The minimum absolute atomic E-state index is 0.212. The van der Waals surface area contributed by atoms with Gasteiger partial charge in [-0.25, -0.2) is 14.2 Å². The summed E-state index contributed by atoms with van der Waals surface area (Å²) in [6.45, 7) is 9.43. The van der Waals surface area contributed by atoms with Crippen LogP contribution < -0.4 is 10.6 Å². The first kappa shape index (κ1) is 21.8. The molecule has 1 aromatic heterocycles. The summed E-state index contributed by atoms with van der Waals surface area (Å²) in [5.41, 5.74) is 0.752. The number of benzene rings is 1. The highest BCUT2D eigenvalue weighted by Gasteiger charge is 2.19. The number of halogens is 1. The third kappa shape index (κ3) is 6.92. The van der Waals surface area contributed by atoms with Crippen LogP contribution in [0.4, 0.5) is 14.9 Å². The highest BCUT2D eigenvalue weighted by Crippen LogP contribution is 2.16. The Morgan fingerprint density at radius 2 is 1.96 bits per heavy atom. The van der Waals surface area contributed by atoms with Gasteiger partial charge in [0, 0.05) is 24.2 Å². The fourth-order valence-electron chi connectivity index (χ4n) is 2.47. The minimum atomic E-state index is -0.412. The van der Waals surface area contributed by atoms with E-state index >= 15 is 0 Å². The van der Waals surface area contributed by atoms with Gasteiger partial charge in [0.1, 0.15) is 16.5 Å². The number of hydrogen-bond donors (Lipinski definition) is 2. The number of carbonyl (C=O) groups is 2. The molecule has 3 amide bonds. The topological polar surface area (TPSA) is 74.3 Å². The van der Waals surface area contributed by atoms with Gasteiger partial charge in [0.2, 0.25) is 0 Å². The van der Waals surface area contributed by atoms with E-state index in [1.807, 2.05) is 27.7 Å². The number of hydrogen-bond acceptors (Lipinski definition) is 4. The number of anilines is 1. The van der Waals surface area contributed by atoms with Crippen molar-refractivity contribution >= 4 is 29.0 Å². The highest BCUT2D eigenvalue weighted by atomic mass is 32.1. The Labute approximate surface area is 169 Å². The molecule has 1 heterocycles. The van der Waals surface area contributed by atoms with E-state index in [1.54, 1.807) is 22.4 Å². The predicted octanol–water partition coefficient (Wildman–Crippen LogP) is 4.36. The Balaban J connectivity index is 2.05. The monoisotopic (exact) mass is 406 g/mol. The molecule has 2 N–H and O–H groups in total. The van der Waals surface area contributed by atoms with Crippen molar-refractivity contribution in [3.8, 4) is 0 Å². The number of nitrogens with one attached hydrogen (secondary N) is 2. The molecule has 0 saturated carbocycles. The molecule has 0 atom stereocenters. The van der Waals surface area contributed by atoms with Crippen LogP contribution in [0.15, 0.2) is 29.6 Å². The first-order valence-electron chi connectivity index (χ1n) is 9.28. The van der Waals surface area contributed by atoms with Crippen LogP contribution in [0.25, 0.3) is 0 Å². The Morgan fingerprint density at radius 1 is 1.21 bits per heavy atom. The maximum Gasteiger partial charge on any atom is 0.322 e. The number of urea groups is 1. The van der Waals surface area contributed by atoms with Crippen molar-refractivity contribution in [3.63, 3.8) is 0 Å². The summed E-state index contributed by atoms with van der Waals surface area (Å²) < 4.78 is 13.4. The molecule has 0 radical (unpaired) electrons. The lowest BCUT2D eigenvalue weighted by molar-refractivity contribution is 0.0944. The number of aromatic nitrogens is 1. The molecule has 28 heavy (non-hydrogen) atoms. The van der Waals surface area contributed by atoms with Crippen molar-refractivity contribution in [2.75, 3.05) is 18.4 Å². The zero-order valence-electron chi connectivity index (χ0n) is 16.7. The first-order valence-corrected chi connectivity index (χ1v) is 10.2. The summed E-state index contributed by atoms with van der Waals surface area (Å²) in [6, 6.07) is 5.44. The van der Waals surface area contributed by atoms with Crippen molar-refractivity contribution in [2.24, 2.45) is 11.8 Å². The maximum atomic E-state index is 13.4. The van der Waals surface area contributed by atoms with Gasteiger partial charge in [0.05, 0.1) is 6.54 Å². The number of carbonyl (C=O) groups excluding carboxylic acids is 2. The van der Waals surface area contributed by atoms with Gasteiger partial charge in [-0.3, -0.25) is 4.79 Å². The largest absolute Gasteiger partial charge is 0.350 e. The molecule has 1 aromatic carbocycles. The molecule has 0 aliphatic heterocycles. The van der Waals surface area contributed by atoms with E-state index in [0.717, 1.165) is 0 Å². The van der Waals surface area contributed by atoms with Crippen LogP contribution in [0.2, 0.25) is 0 Å². The lowest BCUT2D eigenvalue weighted by Crippen LogP contribution is -2.37. The average Bonchev–Trinajstić information content (AvgIpc) is 3.07. The standard InChI is InChI=1S/C20H27FN4O2S/c1-13(2)9-22-19(26)17-12-28-18(24-17)11-25(10-14(3)4)20(27)23-16-7-5-6-15(21)8-16/h5-8,12-14H,9-11H2,1-4H3,(H,22,26)(H,23,27). The minimum Gasteiger partial charge on any atom is -0.350 e. The van der Waals surface area contributed by atoms with E-state index in [1.165, 1.54) is 23.5 Å². The summed E-state index contributed by atoms with van der Waals surface area (Å²) in [7, 11) is 0. The van der Waals surface area contributed by atoms with Crippen LogP contribution in [0, 0.1) is 17.7 Å². The third-order valence-electron chi connectivity index (χ3n) is 3.73. The molecule has 2 aromatic rings. The van der Waals surface area contributed by atoms with E-state index < -0.39 is 5.82 Å². The van der Waals surface area contributed by atoms with Crippen molar-refractivity contribution in [1.82, 2.24) is 15.2 Å².